The second-order valence-electron chi connectivity index (χ2n) is 7.08. The van der Waals surface area contributed by atoms with Gasteiger partial charge in [-0.2, -0.15) is 0 Å². The van der Waals surface area contributed by atoms with E-state index in [9.17, 15) is 26.7 Å². The summed E-state index contributed by atoms with van der Waals surface area (Å²) >= 11 is 2.97. The van der Waals surface area contributed by atoms with Crippen molar-refractivity contribution in [2.45, 2.75) is 12.9 Å². The number of amides is 1. The van der Waals surface area contributed by atoms with Gasteiger partial charge in [-0.15, -0.1) is 13.2 Å². The summed E-state index contributed by atoms with van der Waals surface area (Å²) in [4.78, 5) is 16.5. The highest BCUT2D eigenvalue weighted by Gasteiger charge is 2.33. The lowest BCUT2D eigenvalue weighted by Gasteiger charge is -2.35. The van der Waals surface area contributed by atoms with Crippen LogP contribution in [-0.2, 0) is 17.8 Å². The Hall–Kier alpha value is -1.74. The van der Waals surface area contributed by atoms with E-state index < -0.39 is 35.0 Å². The number of carbonyl (C=O) groups is 1. The molecule has 1 saturated heterocycles. The summed E-state index contributed by atoms with van der Waals surface area (Å²) in [6.45, 7) is 2.58. The first-order valence-electron chi connectivity index (χ1n) is 9.49. The minimum atomic E-state index is -5.05. The average molecular weight is 617 g/mol. The fraction of sp³-hybridized carbons (Fsp3) is 0.300. The average Bonchev–Trinajstić information content (AvgIpc) is 2.73. The first-order valence-corrected chi connectivity index (χ1v) is 13.5. The molecule has 7 nitrogen and oxygen atoms in total. The predicted molar refractivity (Wildman–Crippen MR) is 128 cm³/mol. The second-order valence-corrected chi connectivity index (χ2v) is 10.2. The Labute approximate surface area is 206 Å². The van der Waals surface area contributed by atoms with Gasteiger partial charge in [-0.25, -0.2) is 0 Å². The molecular weight excluding hydrogens is 598 g/mol. The molecule has 1 atom stereocenters. The Morgan fingerprint density at radius 1 is 1.21 bits per heavy atom. The summed E-state index contributed by atoms with van der Waals surface area (Å²) in [6.07, 6.45) is -5.05. The molecule has 2 aromatic carbocycles. The van der Waals surface area contributed by atoms with Crippen LogP contribution in [0, 0.1) is 3.57 Å². The van der Waals surface area contributed by atoms with E-state index in [-0.39, 0.29) is 26.3 Å². The van der Waals surface area contributed by atoms with E-state index in [1.807, 2.05) is 16.9 Å². The summed E-state index contributed by atoms with van der Waals surface area (Å²) in [5.74, 6) is -1.27. The Kier molecular flexibility index (Phi) is 8.72. The van der Waals surface area contributed by atoms with Crippen molar-refractivity contribution in [1.82, 2.24) is 9.80 Å². The molecule has 1 heterocycles. The van der Waals surface area contributed by atoms with Crippen molar-refractivity contribution in [2.75, 3.05) is 30.9 Å². The standard InChI is InChI=1S/C20H20ClF3IN3O4S/c1-25-16-9-13(8-15(21)11-16)12-27-4-6-28(7-5-27)19(29)14-2-3-17(26-33(30)31)18(10-14)32-20(22,23)24/h2-3,8-11,26H,1,4-7,12H2,(H,30,31)/p-1. The smallest absolute Gasteiger partial charge is 0.573 e. The number of hydrogen-bond acceptors (Lipinski definition) is 5. The number of halogens is 5. The summed E-state index contributed by atoms with van der Waals surface area (Å²) in [6, 6.07) is 9.08. The molecule has 0 radical (unpaired) electrons. The number of rotatable bonds is 7. The molecule has 0 saturated carbocycles. The first kappa shape index (κ1) is 25.9. The van der Waals surface area contributed by atoms with Crippen LogP contribution in [-0.4, -0.2) is 61.5 Å². The largest absolute Gasteiger partial charge is 0.755 e. The van der Waals surface area contributed by atoms with Gasteiger partial charge in [0, 0.05) is 58.1 Å². The number of anilines is 1. The molecule has 3 rings (SSSR count). The van der Waals surface area contributed by atoms with Crippen LogP contribution < -0.4 is 9.46 Å². The van der Waals surface area contributed by atoms with Crippen molar-refractivity contribution in [1.29, 1.82) is 0 Å². The highest BCUT2D eigenvalue weighted by molar-refractivity contribution is 14.2. The minimum Gasteiger partial charge on any atom is -0.755 e. The van der Waals surface area contributed by atoms with Crippen LogP contribution in [0.4, 0.5) is 18.9 Å². The lowest BCUT2D eigenvalue weighted by molar-refractivity contribution is -0.274. The molecule has 0 spiro atoms. The van der Waals surface area contributed by atoms with E-state index in [2.05, 4.69) is 20.2 Å². The summed E-state index contributed by atoms with van der Waals surface area (Å²) in [5, 5.41) is 0.662. The molecule has 2 aromatic rings. The molecule has 1 unspecified atom stereocenters. The number of ether oxygens (including phenoxy) is 1. The van der Waals surface area contributed by atoms with Gasteiger partial charge >= 0.3 is 6.36 Å². The molecule has 0 bridgehead atoms. The van der Waals surface area contributed by atoms with Crippen LogP contribution in [0.3, 0.4) is 0 Å². The van der Waals surface area contributed by atoms with Crippen LogP contribution in [0.15, 0.2) is 36.4 Å². The van der Waals surface area contributed by atoms with Crippen LogP contribution in [0.5, 0.6) is 5.75 Å². The maximum atomic E-state index is 12.9. The molecule has 180 valence electrons. The van der Waals surface area contributed by atoms with Crippen molar-refractivity contribution >= 4 is 59.7 Å². The summed E-state index contributed by atoms with van der Waals surface area (Å²) < 4.78 is 70.7. The Morgan fingerprint density at radius 2 is 1.91 bits per heavy atom. The minimum absolute atomic E-state index is 0.0382. The molecular formula is C20H19ClF3IN3O4S-. The zero-order chi connectivity index (χ0) is 24.2. The Morgan fingerprint density at radius 3 is 2.52 bits per heavy atom. The van der Waals surface area contributed by atoms with Crippen molar-refractivity contribution in [3.05, 3.63) is 56.1 Å². The normalized spacial score (nSPS) is 15.8. The lowest BCUT2D eigenvalue weighted by Crippen LogP contribution is -2.48. The third-order valence-corrected chi connectivity index (χ3v) is 6.90. The lowest BCUT2D eigenvalue weighted by atomic mass is 10.1. The van der Waals surface area contributed by atoms with E-state index in [4.69, 9.17) is 11.6 Å². The zero-order valence-electron chi connectivity index (χ0n) is 17.0. The predicted octanol–water partition coefficient (Wildman–Crippen LogP) is 3.97. The maximum Gasteiger partial charge on any atom is 0.573 e. The molecule has 1 fully saturated rings. The maximum absolute atomic E-state index is 12.9. The van der Waals surface area contributed by atoms with Crippen molar-refractivity contribution in [3.63, 3.8) is 0 Å². The van der Waals surface area contributed by atoms with E-state index >= 15 is 0 Å². The topological polar surface area (TPSA) is 84.9 Å². The number of nitrogens with one attached hydrogen (secondary N) is 1. The highest BCUT2D eigenvalue weighted by Crippen LogP contribution is 2.32. The van der Waals surface area contributed by atoms with Gasteiger partial charge in [0.25, 0.3) is 5.91 Å². The number of nitrogens with zero attached hydrogens (tertiary/aromatic N) is 2. The number of hydrogen-bond donors (Lipinski definition) is 1. The van der Waals surface area contributed by atoms with E-state index in [0.717, 1.165) is 21.3 Å². The van der Waals surface area contributed by atoms with Gasteiger partial charge in [-0.3, -0.25) is 13.9 Å². The molecule has 1 amide bonds. The zero-order valence-corrected chi connectivity index (χ0v) is 20.8. The van der Waals surface area contributed by atoms with E-state index in [1.165, 1.54) is 11.0 Å². The van der Waals surface area contributed by atoms with Gasteiger partial charge < -0.3 is 18.9 Å². The number of carbonyl (C=O) groups excluding carboxylic acids is 1. The second kappa shape index (κ2) is 11.1. The summed E-state index contributed by atoms with van der Waals surface area (Å²) in [5.41, 5.74) is 0.602. The monoisotopic (exact) mass is 616 g/mol. The SMILES string of the molecule is C=Ic1cc(Cl)cc(CN2CCN(C(=O)c3ccc(NS(=O)[O-])c(OC(F)(F)F)c3)CC2)c1. The molecule has 0 aliphatic carbocycles. The number of piperazine rings is 1. The van der Waals surface area contributed by atoms with Crippen LogP contribution in [0.2, 0.25) is 5.02 Å². The van der Waals surface area contributed by atoms with E-state index in [1.54, 1.807) is 0 Å². The van der Waals surface area contributed by atoms with Gasteiger partial charge in [0.05, 0.1) is 5.69 Å². The van der Waals surface area contributed by atoms with Gasteiger partial charge in [-0.05, 0) is 42.0 Å². The van der Waals surface area contributed by atoms with Crippen molar-refractivity contribution in [3.8, 4) is 5.75 Å². The Balaban J connectivity index is 1.67. The third kappa shape index (κ3) is 7.64. The van der Waals surface area contributed by atoms with Crippen LogP contribution >= 0.6 is 32.3 Å². The van der Waals surface area contributed by atoms with E-state index in [0.29, 0.717) is 37.7 Å². The first-order chi connectivity index (χ1) is 15.5. The van der Waals surface area contributed by atoms with Crippen LogP contribution in [0.1, 0.15) is 15.9 Å². The summed E-state index contributed by atoms with van der Waals surface area (Å²) in [7, 11) is 0. The highest BCUT2D eigenvalue weighted by atomic mass is 127. The molecule has 1 N–H and O–H groups in total. The molecule has 0 aromatic heterocycles. The fourth-order valence-corrected chi connectivity index (χ4v) is 5.33. The quantitative estimate of drug-likeness (QED) is 0.376. The number of benzene rings is 2. The molecule has 33 heavy (non-hydrogen) atoms. The van der Waals surface area contributed by atoms with Crippen LogP contribution in [0.25, 0.3) is 0 Å². The van der Waals surface area contributed by atoms with Gasteiger partial charge in [0.2, 0.25) is 0 Å². The van der Waals surface area contributed by atoms with Gasteiger partial charge in [0.15, 0.2) is 5.75 Å². The molecule has 1 aliphatic rings. The van der Waals surface area contributed by atoms with Gasteiger partial charge in [0.1, 0.15) is 0 Å². The third-order valence-electron chi connectivity index (χ3n) is 4.79. The molecule has 13 heteroatoms. The van der Waals surface area contributed by atoms with Crippen molar-refractivity contribution in [2.24, 2.45) is 0 Å². The fourth-order valence-electron chi connectivity index (χ4n) is 3.37. The van der Waals surface area contributed by atoms with Gasteiger partial charge in [-0.1, -0.05) is 36.8 Å². The molecule has 1 aliphatic heterocycles. The van der Waals surface area contributed by atoms with Crippen molar-refractivity contribution < 1.29 is 31.5 Å². The Bertz CT molecular complexity index is 1070. The number of alkyl halides is 3.